The van der Waals surface area contributed by atoms with Crippen molar-refractivity contribution in [3.05, 3.63) is 58.8 Å². The molecular formula is C22H22ClNO3S. The Bertz CT molecular complexity index is 1020. The lowest BCUT2D eigenvalue weighted by molar-refractivity contribution is 0.0220. The largest absolute Gasteiger partial charge is 0.459 e. The molecule has 4 rings (SSSR count). The van der Waals surface area contributed by atoms with Crippen LogP contribution in [0, 0.1) is 0 Å². The van der Waals surface area contributed by atoms with E-state index in [1.54, 1.807) is 16.7 Å². The first-order valence-electron chi connectivity index (χ1n) is 9.25. The molecule has 3 aromatic rings. The van der Waals surface area contributed by atoms with Gasteiger partial charge in [-0.2, -0.15) is 0 Å². The van der Waals surface area contributed by atoms with Gasteiger partial charge in [-0.25, -0.2) is 4.79 Å². The summed E-state index contributed by atoms with van der Waals surface area (Å²) in [7, 11) is 0. The smallest absolute Gasteiger partial charge is 0.410 e. The number of rotatable bonds is 2. The first kappa shape index (κ1) is 19.2. The number of amides is 1. The van der Waals surface area contributed by atoms with Gasteiger partial charge in [-0.3, -0.25) is 0 Å². The molecule has 0 radical (unpaired) electrons. The normalized spacial score (nSPS) is 14.2. The van der Waals surface area contributed by atoms with Gasteiger partial charge in [-0.1, -0.05) is 41.6 Å². The summed E-state index contributed by atoms with van der Waals surface area (Å²) >= 11 is 8.18. The van der Waals surface area contributed by atoms with E-state index in [1.165, 1.54) is 0 Å². The molecule has 146 valence electrons. The molecule has 0 N–H and O–H groups in total. The zero-order chi connectivity index (χ0) is 19.9. The number of hydrogen-bond acceptors (Lipinski definition) is 4. The Morgan fingerprint density at radius 3 is 2.64 bits per heavy atom. The molecular weight excluding hydrogens is 394 g/mol. The Hall–Kier alpha value is -2.11. The number of ether oxygens (including phenoxy) is 1. The predicted molar refractivity (Wildman–Crippen MR) is 112 cm³/mol. The molecule has 1 aliphatic rings. The van der Waals surface area contributed by atoms with Crippen LogP contribution in [0.4, 0.5) is 4.79 Å². The van der Waals surface area contributed by atoms with E-state index in [2.05, 4.69) is 18.2 Å². The van der Waals surface area contributed by atoms with Crippen molar-refractivity contribution in [3.63, 3.8) is 0 Å². The van der Waals surface area contributed by atoms with E-state index >= 15 is 0 Å². The van der Waals surface area contributed by atoms with E-state index < -0.39 is 5.60 Å². The second-order valence-electron chi connectivity index (χ2n) is 7.85. The number of nitrogens with zero attached hydrogens (tertiary/aromatic N) is 1. The Kier molecular flexibility index (Phi) is 5.06. The third-order valence-corrected chi connectivity index (χ3v) is 5.75. The van der Waals surface area contributed by atoms with Crippen LogP contribution < -0.4 is 0 Å². The number of benzene rings is 2. The van der Waals surface area contributed by atoms with E-state index in [0.29, 0.717) is 30.1 Å². The van der Waals surface area contributed by atoms with Crippen molar-refractivity contribution in [1.29, 1.82) is 0 Å². The topological polar surface area (TPSA) is 42.7 Å². The lowest BCUT2D eigenvalue weighted by Crippen LogP contribution is -2.39. The average Bonchev–Trinajstić information content (AvgIpc) is 3.00. The maximum Gasteiger partial charge on any atom is 0.410 e. The first-order chi connectivity index (χ1) is 13.3. The van der Waals surface area contributed by atoms with Crippen LogP contribution in [0.2, 0.25) is 5.02 Å². The van der Waals surface area contributed by atoms with Crippen molar-refractivity contribution >= 4 is 40.4 Å². The van der Waals surface area contributed by atoms with Crippen LogP contribution in [0.15, 0.2) is 56.7 Å². The highest BCUT2D eigenvalue weighted by Gasteiger charge is 2.29. The lowest BCUT2D eigenvalue weighted by Gasteiger charge is -2.29. The Balaban J connectivity index is 1.66. The van der Waals surface area contributed by atoms with Gasteiger partial charge in [0.2, 0.25) is 0 Å². The van der Waals surface area contributed by atoms with Crippen LogP contribution in [-0.2, 0) is 17.7 Å². The van der Waals surface area contributed by atoms with E-state index in [-0.39, 0.29) is 6.09 Å². The molecule has 0 spiro atoms. The third kappa shape index (κ3) is 4.01. The second kappa shape index (κ2) is 7.37. The minimum Gasteiger partial charge on any atom is -0.459 e. The standard InChI is InChI=1S/C22H22ClNO3S/c1-22(2,3)27-21(25)24-10-9-19-17(13-24)16-11-15(12-18(23)20(16)26-19)28-14-7-5-4-6-8-14/h4-8,11-12H,9-10,13H2,1-3H3. The molecule has 0 saturated carbocycles. The van der Waals surface area contributed by atoms with Gasteiger partial charge in [-0.15, -0.1) is 0 Å². The molecule has 0 unspecified atom stereocenters. The molecule has 0 aliphatic carbocycles. The number of furan rings is 1. The van der Waals surface area contributed by atoms with E-state index in [9.17, 15) is 4.79 Å². The fourth-order valence-electron chi connectivity index (χ4n) is 3.28. The number of halogens is 1. The van der Waals surface area contributed by atoms with Crippen LogP contribution in [0.1, 0.15) is 32.1 Å². The SMILES string of the molecule is CC(C)(C)OC(=O)N1CCc2oc3c(Cl)cc(Sc4ccccc4)cc3c2C1. The zero-order valence-corrected chi connectivity index (χ0v) is 17.7. The minimum absolute atomic E-state index is 0.298. The van der Waals surface area contributed by atoms with Crippen LogP contribution in [0.25, 0.3) is 11.0 Å². The summed E-state index contributed by atoms with van der Waals surface area (Å²) in [5, 5.41) is 1.56. The van der Waals surface area contributed by atoms with Gasteiger partial charge in [0.1, 0.15) is 11.4 Å². The summed E-state index contributed by atoms with van der Waals surface area (Å²) in [6, 6.07) is 14.2. The maximum atomic E-state index is 12.5. The van der Waals surface area contributed by atoms with Gasteiger partial charge in [0.05, 0.1) is 11.6 Å². The Labute approximate surface area is 173 Å². The van der Waals surface area contributed by atoms with Crippen molar-refractivity contribution < 1.29 is 13.9 Å². The number of fused-ring (bicyclic) bond motifs is 3. The van der Waals surface area contributed by atoms with Crippen LogP contribution in [-0.4, -0.2) is 23.1 Å². The highest BCUT2D eigenvalue weighted by atomic mass is 35.5. The van der Waals surface area contributed by atoms with Gasteiger partial charge in [0.25, 0.3) is 0 Å². The van der Waals surface area contributed by atoms with E-state index in [1.807, 2.05) is 45.0 Å². The maximum absolute atomic E-state index is 12.5. The third-order valence-electron chi connectivity index (χ3n) is 4.49. The van der Waals surface area contributed by atoms with Crippen molar-refractivity contribution in [3.8, 4) is 0 Å². The Morgan fingerprint density at radius 2 is 1.93 bits per heavy atom. The summed E-state index contributed by atoms with van der Waals surface area (Å²) in [6.45, 7) is 6.67. The quantitative estimate of drug-likeness (QED) is 0.477. The highest BCUT2D eigenvalue weighted by molar-refractivity contribution is 7.99. The molecule has 0 atom stereocenters. The fraction of sp³-hybridized carbons (Fsp3) is 0.318. The Morgan fingerprint density at radius 1 is 1.18 bits per heavy atom. The monoisotopic (exact) mass is 415 g/mol. The summed E-state index contributed by atoms with van der Waals surface area (Å²) in [4.78, 5) is 16.4. The molecule has 2 aromatic carbocycles. The van der Waals surface area contributed by atoms with Gasteiger partial charge in [0.15, 0.2) is 5.58 Å². The van der Waals surface area contributed by atoms with E-state index in [4.69, 9.17) is 20.8 Å². The summed E-state index contributed by atoms with van der Waals surface area (Å²) in [6.07, 6.45) is 0.356. The van der Waals surface area contributed by atoms with Gasteiger partial charge < -0.3 is 14.1 Å². The van der Waals surface area contributed by atoms with E-state index in [0.717, 1.165) is 26.5 Å². The summed E-state index contributed by atoms with van der Waals surface area (Å²) in [5.74, 6) is 0.901. The van der Waals surface area contributed by atoms with Crippen molar-refractivity contribution in [2.45, 2.75) is 49.1 Å². The minimum atomic E-state index is -0.515. The van der Waals surface area contributed by atoms with Gasteiger partial charge in [-0.05, 0) is 45.0 Å². The number of hydrogen-bond donors (Lipinski definition) is 0. The van der Waals surface area contributed by atoms with Crippen LogP contribution in [0.5, 0.6) is 0 Å². The van der Waals surface area contributed by atoms with Gasteiger partial charge in [0, 0.05) is 33.7 Å². The molecule has 1 aliphatic heterocycles. The molecule has 0 saturated heterocycles. The molecule has 1 amide bonds. The first-order valence-corrected chi connectivity index (χ1v) is 10.4. The zero-order valence-electron chi connectivity index (χ0n) is 16.1. The van der Waals surface area contributed by atoms with Crippen molar-refractivity contribution in [2.24, 2.45) is 0 Å². The predicted octanol–water partition coefficient (Wildman–Crippen LogP) is 6.53. The summed E-state index contributed by atoms with van der Waals surface area (Å²) < 4.78 is 11.6. The number of carbonyl (C=O) groups excluding carboxylic acids is 1. The lowest BCUT2D eigenvalue weighted by atomic mass is 10.1. The van der Waals surface area contributed by atoms with Crippen molar-refractivity contribution in [1.82, 2.24) is 4.90 Å². The van der Waals surface area contributed by atoms with Crippen LogP contribution >= 0.6 is 23.4 Å². The van der Waals surface area contributed by atoms with Gasteiger partial charge >= 0.3 is 6.09 Å². The second-order valence-corrected chi connectivity index (χ2v) is 9.41. The molecule has 28 heavy (non-hydrogen) atoms. The average molecular weight is 416 g/mol. The molecule has 6 heteroatoms. The molecule has 0 fully saturated rings. The van der Waals surface area contributed by atoms with Crippen LogP contribution in [0.3, 0.4) is 0 Å². The summed E-state index contributed by atoms with van der Waals surface area (Å²) in [5.41, 5.74) is 1.19. The number of carbonyl (C=O) groups is 1. The van der Waals surface area contributed by atoms with Crippen molar-refractivity contribution in [2.75, 3.05) is 6.54 Å². The molecule has 1 aromatic heterocycles. The molecule has 0 bridgehead atoms. The molecule has 4 nitrogen and oxygen atoms in total. The fourth-order valence-corrected chi connectivity index (χ4v) is 4.52. The highest BCUT2D eigenvalue weighted by Crippen LogP contribution is 2.39. The molecule has 2 heterocycles.